The summed E-state index contributed by atoms with van der Waals surface area (Å²) >= 11 is 0. The molecule has 0 aromatic heterocycles. The zero-order valence-corrected chi connectivity index (χ0v) is 13.8. The molecule has 1 aromatic carbocycles. The standard InChI is InChI=1S/C18H21O3P/c1-3-20-22(19,15-14-17-10-6-4-7-11-17)21-16(2)18-12-8-5-9-13-18/h4,6-7,10-12H,2-3,5,8-9,13H2,1H3. The third-order valence-electron chi connectivity index (χ3n) is 3.29. The lowest BCUT2D eigenvalue weighted by molar-refractivity contribution is 0.263. The van der Waals surface area contributed by atoms with Gasteiger partial charge in [0.05, 0.1) is 6.61 Å². The molecule has 1 atom stereocenters. The summed E-state index contributed by atoms with van der Waals surface area (Å²) in [6, 6.07) is 9.36. The zero-order valence-electron chi connectivity index (χ0n) is 12.9. The van der Waals surface area contributed by atoms with E-state index in [-0.39, 0.29) is 6.61 Å². The number of allylic oxidation sites excluding steroid dienone is 2. The van der Waals surface area contributed by atoms with E-state index in [0.717, 1.165) is 30.4 Å². The Labute approximate surface area is 132 Å². The second-order valence-corrected chi connectivity index (χ2v) is 6.67. The van der Waals surface area contributed by atoms with Gasteiger partial charge in [-0.2, -0.15) is 0 Å². The van der Waals surface area contributed by atoms with Crippen LogP contribution >= 0.6 is 7.60 Å². The Morgan fingerprint density at radius 3 is 2.73 bits per heavy atom. The molecule has 0 amide bonds. The highest BCUT2D eigenvalue weighted by atomic mass is 31.2. The smallest absolute Gasteiger partial charge is 0.416 e. The summed E-state index contributed by atoms with van der Waals surface area (Å²) in [6.45, 7) is 5.93. The molecule has 2 rings (SSSR count). The molecule has 0 saturated heterocycles. The molecule has 0 bridgehead atoms. The summed E-state index contributed by atoms with van der Waals surface area (Å²) in [4.78, 5) is 0. The van der Waals surface area contributed by atoms with E-state index >= 15 is 0 Å². The maximum absolute atomic E-state index is 12.7. The van der Waals surface area contributed by atoms with Gasteiger partial charge < -0.3 is 4.52 Å². The van der Waals surface area contributed by atoms with Crippen molar-refractivity contribution in [3.05, 3.63) is 59.9 Å². The van der Waals surface area contributed by atoms with Crippen molar-refractivity contribution in [2.45, 2.75) is 32.6 Å². The predicted octanol–water partition coefficient (Wildman–Crippen LogP) is 5.26. The first-order valence-corrected chi connectivity index (χ1v) is 9.08. The highest BCUT2D eigenvalue weighted by Crippen LogP contribution is 2.50. The molecule has 0 radical (unpaired) electrons. The first kappa shape index (κ1) is 16.6. The molecule has 1 aromatic rings. The molecule has 4 heteroatoms. The van der Waals surface area contributed by atoms with E-state index in [1.807, 2.05) is 30.3 Å². The Morgan fingerprint density at radius 2 is 2.09 bits per heavy atom. The fourth-order valence-electron chi connectivity index (χ4n) is 2.20. The van der Waals surface area contributed by atoms with Gasteiger partial charge in [-0.25, -0.2) is 4.57 Å². The Balaban J connectivity index is 2.14. The Kier molecular flexibility index (Phi) is 6.07. The third kappa shape index (κ3) is 4.91. The first-order valence-electron chi connectivity index (χ1n) is 7.54. The summed E-state index contributed by atoms with van der Waals surface area (Å²) < 4.78 is 23.6. The molecule has 1 unspecified atom stereocenters. The Morgan fingerprint density at radius 1 is 1.32 bits per heavy atom. The van der Waals surface area contributed by atoms with Gasteiger partial charge in [0.2, 0.25) is 0 Å². The lowest BCUT2D eigenvalue weighted by atomic mass is 9.99. The van der Waals surface area contributed by atoms with Crippen molar-refractivity contribution < 1.29 is 13.6 Å². The molecule has 1 aliphatic carbocycles. The SMILES string of the molecule is C=C(OP(=O)(C#Cc1ccccc1)OCC)C1=CCCCC1. The fraction of sp³-hybridized carbons (Fsp3) is 0.333. The molecule has 0 saturated carbocycles. The molecular weight excluding hydrogens is 295 g/mol. The summed E-state index contributed by atoms with van der Waals surface area (Å²) in [5, 5.41) is 0. The Bertz CT molecular complexity index is 650. The van der Waals surface area contributed by atoms with E-state index in [0.29, 0.717) is 5.76 Å². The summed E-state index contributed by atoms with van der Waals surface area (Å²) in [6.07, 6.45) is 6.27. The second kappa shape index (κ2) is 8.03. The van der Waals surface area contributed by atoms with Crippen LogP contribution in [-0.4, -0.2) is 6.61 Å². The minimum absolute atomic E-state index is 0.271. The average molecular weight is 316 g/mol. The van der Waals surface area contributed by atoms with Crippen molar-refractivity contribution >= 4 is 7.60 Å². The quantitative estimate of drug-likeness (QED) is 0.422. The van der Waals surface area contributed by atoms with Crippen LogP contribution in [0.3, 0.4) is 0 Å². The van der Waals surface area contributed by atoms with Crippen LogP contribution in [-0.2, 0) is 13.6 Å². The van der Waals surface area contributed by atoms with Gasteiger partial charge in [-0.05, 0) is 50.3 Å². The van der Waals surface area contributed by atoms with Crippen molar-refractivity contribution in [3.63, 3.8) is 0 Å². The fourth-order valence-corrected chi connectivity index (χ4v) is 3.38. The molecule has 22 heavy (non-hydrogen) atoms. The van der Waals surface area contributed by atoms with Gasteiger partial charge in [-0.15, -0.1) is 0 Å². The second-order valence-electron chi connectivity index (χ2n) is 5.01. The van der Waals surface area contributed by atoms with E-state index < -0.39 is 7.60 Å². The van der Waals surface area contributed by atoms with Crippen molar-refractivity contribution in [2.24, 2.45) is 0 Å². The van der Waals surface area contributed by atoms with Crippen molar-refractivity contribution in [3.8, 4) is 11.6 Å². The molecule has 3 nitrogen and oxygen atoms in total. The molecule has 116 valence electrons. The molecular formula is C18H21O3P. The van der Waals surface area contributed by atoms with Crippen LogP contribution in [0, 0.1) is 11.6 Å². The highest BCUT2D eigenvalue weighted by molar-refractivity contribution is 7.59. The molecule has 0 spiro atoms. The summed E-state index contributed by atoms with van der Waals surface area (Å²) in [7, 11) is -3.51. The van der Waals surface area contributed by atoms with Gasteiger partial charge in [-0.3, -0.25) is 4.52 Å². The topological polar surface area (TPSA) is 35.5 Å². The number of rotatable bonds is 5. The number of benzene rings is 1. The normalized spacial score (nSPS) is 16.7. The lowest BCUT2D eigenvalue weighted by Gasteiger charge is -2.19. The van der Waals surface area contributed by atoms with Crippen LogP contribution in [0.25, 0.3) is 0 Å². The zero-order chi connectivity index (χ0) is 15.8. The van der Waals surface area contributed by atoms with Gasteiger partial charge in [-0.1, -0.05) is 36.8 Å². The summed E-state index contributed by atoms with van der Waals surface area (Å²) in [5.41, 5.74) is 4.44. The summed E-state index contributed by atoms with van der Waals surface area (Å²) in [5.74, 6) is 3.27. The molecule has 0 fully saturated rings. The number of hydrogen-bond donors (Lipinski definition) is 0. The maximum atomic E-state index is 12.7. The predicted molar refractivity (Wildman–Crippen MR) is 89.3 cm³/mol. The van der Waals surface area contributed by atoms with E-state index in [1.54, 1.807) is 6.92 Å². The van der Waals surface area contributed by atoms with Gasteiger partial charge in [0.1, 0.15) is 5.76 Å². The number of hydrogen-bond acceptors (Lipinski definition) is 3. The van der Waals surface area contributed by atoms with E-state index in [1.165, 1.54) is 6.42 Å². The first-order chi connectivity index (χ1) is 10.6. The maximum Gasteiger partial charge on any atom is 0.457 e. The minimum Gasteiger partial charge on any atom is -0.416 e. The van der Waals surface area contributed by atoms with Crippen LogP contribution in [0.4, 0.5) is 0 Å². The van der Waals surface area contributed by atoms with Crippen LogP contribution in [0.15, 0.2) is 54.3 Å². The van der Waals surface area contributed by atoms with Gasteiger partial charge in [0, 0.05) is 11.2 Å². The van der Waals surface area contributed by atoms with Crippen molar-refractivity contribution in [1.82, 2.24) is 0 Å². The minimum atomic E-state index is -3.51. The molecule has 0 N–H and O–H groups in total. The third-order valence-corrected chi connectivity index (χ3v) is 4.73. The van der Waals surface area contributed by atoms with Crippen LogP contribution < -0.4 is 0 Å². The van der Waals surface area contributed by atoms with Crippen molar-refractivity contribution in [2.75, 3.05) is 6.61 Å². The van der Waals surface area contributed by atoms with Gasteiger partial charge >= 0.3 is 7.60 Å². The van der Waals surface area contributed by atoms with E-state index in [9.17, 15) is 4.57 Å². The Hall–Kier alpha value is -1.75. The van der Waals surface area contributed by atoms with Gasteiger partial charge in [0.15, 0.2) is 0 Å². The van der Waals surface area contributed by atoms with Crippen LogP contribution in [0.2, 0.25) is 0 Å². The molecule has 0 aliphatic heterocycles. The largest absolute Gasteiger partial charge is 0.457 e. The van der Waals surface area contributed by atoms with E-state index in [4.69, 9.17) is 9.05 Å². The van der Waals surface area contributed by atoms with E-state index in [2.05, 4.69) is 24.2 Å². The monoisotopic (exact) mass is 316 g/mol. The van der Waals surface area contributed by atoms with Gasteiger partial charge in [0.25, 0.3) is 0 Å². The van der Waals surface area contributed by atoms with Crippen LogP contribution in [0.1, 0.15) is 38.2 Å². The highest BCUT2D eigenvalue weighted by Gasteiger charge is 2.25. The average Bonchev–Trinajstić information content (AvgIpc) is 2.55. The lowest BCUT2D eigenvalue weighted by Crippen LogP contribution is -1.99. The van der Waals surface area contributed by atoms with Crippen molar-refractivity contribution in [1.29, 1.82) is 0 Å². The van der Waals surface area contributed by atoms with Crippen LogP contribution in [0.5, 0.6) is 0 Å². The molecule has 0 heterocycles. The molecule has 1 aliphatic rings.